The normalized spacial score (nSPS) is 13.4. The predicted octanol–water partition coefficient (Wildman–Crippen LogP) is 3.27. The Labute approximate surface area is 111 Å². The molecule has 2 nitrogen and oxygen atoms in total. The number of thiophene rings is 1. The van der Waals surface area contributed by atoms with E-state index in [0.717, 1.165) is 22.4 Å². The van der Waals surface area contributed by atoms with Gasteiger partial charge in [0.2, 0.25) is 0 Å². The lowest BCUT2D eigenvalue weighted by molar-refractivity contribution is 0.368. The average Bonchev–Trinajstić information content (AvgIpc) is 2.76. The second kappa shape index (κ2) is 5.27. The maximum atomic E-state index is 12.2. The number of hydrogen-bond donors (Lipinski definition) is 1. The van der Waals surface area contributed by atoms with Crippen molar-refractivity contribution in [3.05, 3.63) is 34.1 Å². The summed E-state index contributed by atoms with van der Waals surface area (Å²) in [6, 6.07) is 3.93. The topological polar surface area (TPSA) is 22.0 Å². The summed E-state index contributed by atoms with van der Waals surface area (Å²) in [5.41, 5.74) is 0.121. The Morgan fingerprint density at radius 2 is 2.18 bits per heavy atom. The molecule has 0 saturated heterocycles. The van der Waals surface area contributed by atoms with Crippen molar-refractivity contribution in [1.29, 1.82) is 0 Å². The minimum absolute atomic E-state index is 0.121. The third-order valence-electron chi connectivity index (χ3n) is 3.20. The van der Waals surface area contributed by atoms with E-state index in [9.17, 15) is 4.79 Å². The van der Waals surface area contributed by atoms with Crippen LogP contribution in [0.25, 0.3) is 10.1 Å². The first-order valence-corrected chi connectivity index (χ1v) is 7.32. The van der Waals surface area contributed by atoms with E-state index in [0.29, 0.717) is 11.8 Å². The Bertz CT molecular complexity index is 556. The Morgan fingerprint density at radius 3 is 2.82 bits per heavy atom. The molecule has 0 radical (unpaired) electrons. The second-order valence-corrected chi connectivity index (χ2v) is 5.97. The van der Waals surface area contributed by atoms with E-state index in [2.05, 4.69) is 26.5 Å². The molecule has 0 bridgehead atoms. The fraction of sp³-hybridized carbons (Fsp3) is 0.462. The van der Waals surface area contributed by atoms with Crippen LogP contribution in [0.15, 0.2) is 28.5 Å². The van der Waals surface area contributed by atoms with Gasteiger partial charge in [0.25, 0.3) is 5.56 Å². The number of aromatic nitrogens is 1. The van der Waals surface area contributed by atoms with E-state index in [1.807, 2.05) is 28.3 Å². The van der Waals surface area contributed by atoms with Crippen LogP contribution in [0, 0.1) is 11.8 Å². The van der Waals surface area contributed by atoms with Crippen LogP contribution < -0.4 is 5.56 Å². The Hall–Kier alpha value is -0.740. The molecule has 2 aromatic rings. The lowest BCUT2D eigenvalue weighted by Gasteiger charge is -2.19. The monoisotopic (exact) mass is 267 g/mol. The molecule has 0 aliphatic heterocycles. The highest BCUT2D eigenvalue weighted by Gasteiger charge is 2.13. The predicted molar refractivity (Wildman–Crippen MR) is 78.3 cm³/mol. The number of pyridine rings is 1. The number of nitrogens with zero attached hydrogens (tertiary/aromatic N) is 1. The smallest absolute Gasteiger partial charge is 0.259 e. The van der Waals surface area contributed by atoms with Crippen LogP contribution in [0.2, 0.25) is 0 Å². The third-order valence-corrected chi connectivity index (χ3v) is 4.55. The lowest BCUT2D eigenvalue weighted by atomic mass is 9.98. The van der Waals surface area contributed by atoms with Gasteiger partial charge in [-0.25, -0.2) is 0 Å². The van der Waals surface area contributed by atoms with Crippen molar-refractivity contribution >= 4 is 34.1 Å². The van der Waals surface area contributed by atoms with E-state index in [1.165, 1.54) is 0 Å². The molecule has 0 fully saturated rings. The molecule has 92 valence electrons. The quantitative estimate of drug-likeness (QED) is 0.844. The van der Waals surface area contributed by atoms with E-state index in [-0.39, 0.29) is 5.56 Å². The largest absolute Gasteiger partial charge is 0.315 e. The number of fused-ring (bicyclic) bond motifs is 1. The van der Waals surface area contributed by atoms with Crippen molar-refractivity contribution in [2.24, 2.45) is 11.8 Å². The van der Waals surface area contributed by atoms with Gasteiger partial charge in [-0.15, -0.1) is 11.3 Å². The highest BCUT2D eigenvalue weighted by Crippen LogP contribution is 2.18. The number of hydrogen-bond acceptors (Lipinski definition) is 3. The van der Waals surface area contributed by atoms with E-state index in [4.69, 9.17) is 0 Å². The maximum Gasteiger partial charge on any atom is 0.259 e. The summed E-state index contributed by atoms with van der Waals surface area (Å²) in [5.74, 6) is 1.79. The van der Waals surface area contributed by atoms with Gasteiger partial charge in [-0.3, -0.25) is 4.79 Å². The molecule has 2 heterocycles. The van der Waals surface area contributed by atoms with Crippen molar-refractivity contribution in [1.82, 2.24) is 4.57 Å². The summed E-state index contributed by atoms with van der Waals surface area (Å²) in [7, 11) is 0. The summed E-state index contributed by atoms with van der Waals surface area (Å²) in [6.45, 7) is 5.11. The zero-order valence-electron chi connectivity index (χ0n) is 10.1. The van der Waals surface area contributed by atoms with Gasteiger partial charge in [-0.2, -0.15) is 12.6 Å². The molecule has 2 aromatic heterocycles. The van der Waals surface area contributed by atoms with Gasteiger partial charge in [0.05, 0.1) is 5.39 Å². The SMILES string of the molecule is CC(C)C(CS)Cn1ccc2sccc2c1=O. The van der Waals surface area contributed by atoms with Gasteiger partial charge in [0.1, 0.15) is 0 Å². The second-order valence-electron chi connectivity index (χ2n) is 4.66. The molecule has 0 saturated carbocycles. The summed E-state index contributed by atoms with van der Waals surface area (Å²) in [4.78, 5) is 12.2. The summed E-state index contributed by atoms with van der Waals surface area (Å²) in [6.07, 6.45) is 1.90. The summed E-state index contributed by atoms with van der Waals surface area (Å²) >= 11 is 5.98. The first-order chi connectivity index (χ1) is 8.13. The van der Waals surface area contributed by atoms with Gasteiger partial charge < -0.3 is 4.57 Å². The molecule has 0 N–H and O–H groups in total. The van der Waals surface area contributed by atoms with Crippen LogP contribution in [-0.4, -0.2) is 10.3 Å². The van der Waals surface area contributed by atoms with Gasteiger partial charge in [0, 0.05) is 17.4 Å². The van der Waals surface area contributed by atoms with Gasteiger partial charge in [-0.05, 0) is 35.1 Å². The fourth-order valence-corrected chi connectivity index (χ4v) is 3.19. The Kier molecular flexibility index (Phi) is 3.94. The maximum absolute atomic E-state index is 12.2. The van der Waals surface area contributed by atoms with Crippen LogP contribution in [0.4, 0.5) is 0 Å². The van der Waals surface area contributed by atoms with E-state index < -0.39 is 0 Å². The van der Waals surface area contributed by atoms with Crippen molar-refractivity contribution in [3.63, 3.8) is 0 Å². The van der Waals surface area contributed by atoms with Crippen molar-refractivity contribution < 1.29 is 0 Å². The molecule has 1 atom stereocenters. The lowest BCUT2D eigenvalue weighted by Crippen LogP contribution is -2.26. The van der Waals surface area contributed by atoms with Gasteiger partial charge in [-0.1, -0.05) is 13.8 Å². The number of thiol groups is 1. The molecule has 2 rings (SSSR count). The van der Waals surface area contributed by atoms with Crippen LogP contribution in [0.5, 0.6) is 0 Å². The van der Waals surface area contributed by atoms with Crippen LogP contribution in [0.1, 0.15) is 13.8 Å². The fourth-order valence-electron chi connectivity index (χ4n) is 1.88. The summed E-state index contributed by atoms with van der Waals surface area (Å²) < 4.78 is 2.88. The zero-order valence-corrected chi connectivity index (χ0v) is 11.8. The van der Waals surface area contributed by atoms with Crippen LogP contribution >= 0.6 is 24.0 Å². The molecule has 0 amide bonds. The molecule has 0 aromatic carbocycles. The molecule has 17 heavy (non-hydrogen) atoms. The first-order valence-electron chi connectivity index (χ1n) is 5.81. The first kappa shape index (κ1) is 12.7. The molecule has 0 aliphatic carbocycles. The number of rotatable bonds is 4. The zero-order chi connectivity index (χ0) is 12.4. The van der Waals surface area contributed by atoms with Gasteiger partial charge in [0.15, 0.2) is 0 Å². The Morgan fingerprint density at radius 1 is 1.41 bits per heavy atom. The van der Waals surface area contributed by atoms with E-state index >= 15 is 0 Å². The summed E-state index contributed by atoms with van der Waals surface area (Å²) in [5, 5.41) is 2.80. The molecular formula is C13H17NOS2. The molecule has 4 heteroatoms. The molecular weight excluding hydrogens is 250 g/mol. The highest BCUT2D eigenvalue weighted by molar-refractivity contribution is 7.80. The van der Waals surface area contributed by atoms with Gasteiger partial charge >= 0.3 is 0 Å². The molecule has 0 aliphatic rings. The average molecular weight is 267 g/mol. The van der Waals surface area contributed by atoms with Crippen LogP contribution in [-0.2, 0) is 6.54 Å². The Balaban J connectivity index is 2.36. The van der Waals surface area contributed by atoms with Crippen LogP contribution in [0.3, 0.4) is 0 Å². The van der Waals surface area contributed by atoms with E-state index in [1.54, 1.807) is 11.3 Å². The highest BCUT2D eigenvalue weighted by atomic mass is 32.1. The van der Waals surface area contributed by atoms with Crippen molar-refractivity contribution in [3.8, 4) is 0 Å². The molecule has 0 spiro atoms. The van der Waals surface area contributed by atoms with Crippen molar-refractivity contribution in [2.75, 3.05) is 5.75 Å². The minimum atomic E-state index is 0.121. The van der Waals surface area contributed by atoms with Crippen molar-refractivity contribution in [2.45, 2.75) is 20.4 Å². The third kappa shape index (κ3) is 2.58. The standard InChI is InChI=1S/C13H17NOS2/c1-9(2)10(8-16)7-14-5-3-12-11(13(14)15)4-6-17-12/h3-6,9-10,16H,7-8H2,1-2H3. The minimum Gasteiger partial charge on any atom is -0.315 e. The molecule has 1 unspecified atom stereocenters.